The first kappa shape index (κ1) is 45.8. The molecule has 10 nitrogen and oxygen atoms in total. The number of esters is 1. The van der Waals surface area contributed by atoms with Crippen LogP contribution in [0.25, 0.3) is 0 Å². The number of carbonyl (C=O) groups excluding carboxylic acids is 2. The highest BCUT2D eigenvalue weighted by Crippen LogP contribution is 2.49. The second-order valence-electron chi connectivity index (χ2n) is 13.8. The Morgan fingerprint density at radius 2 is 1.09 bits per heavy atom. The lowest BCUT2D eigenvalue weighted by atomic mass is 10.0. The molecule has 1 amide bonds. The van der Waals surface area contributed by atoms with Gasteiger partial charge in [-0.25, -0.2) is 9.36 Å². The van der Waals surface area contributed by atoms with E-state index < -0.39 is 31.8 Å². The van der Waals surface area contributed by atoms with Gasteiger partial charge in [0, 0.05) is 12.8 Å². The van der Waals surface area contributed by atoms with E-state index in [-0.39, 0.29) is 36.9 Å². The predicted octanol–water partition coefficient (Wildman–Crippen LogP) is 11.4. The van der Waals surface area contributed by atoms with Crippen LogP contribution in [0, 0.1) is 0 Å². The van der Waals surface area contributed by atoms with Gasteiger partial charge >= 0.3 is 19.8 Å². The molecule has 0 spiro atoms. The molecule has 11 heteroatoms. The van der Waals surface area contributed by atoms with Crippen molar-refractivity contribution < 1.29 is 42.4 Å². The number of phosphoric ester groups is 1. The molecule has 0 aliphatic heterocycles. The standard InChI is InChI=1S/C42H66NO9P/c1-3-5-7-9-11-13-15-17-21-31-38(50-41(45)32-26-18-16-14-12-10-8-6-4-2)35-40(44)43-39(42(46)47)33-34-49-53(48,51-36-27-22-19-23-28-36)52-37-29-24-20-25-30-37/h19-20,22-25,27-30,38-39H,3-18,21,26,31-35H2,1-2H3,(H,43,44)(H,46,47)/t38-,39+/m1/s1. The summed E-state index contributed by atoms with van der Waals surface area (Å²) in [5.74, 6) is -1.64. The molecule has 0 aromatic heterocycles. The quantitative estimate of drug-likeness (QED) is 0.0414. The minimum atomic E-state index is -4.24. The van der Waals surface area contributed by atoms with E-state index in [9.17, 15) is 24.1 Å². The van der Waals surface area contributed by atoms with Gasteiger partial charge in [-0.1, -0.05) is 153 Å². The third-order valence-corrected chi connectivity index (χ3v) is 10.4. The van der Waals surface area contributed by atoms with E-state index in [2.05, 4.69) is 19.2 Å². The molecule has 0 unspecified atom stereocenters. The Bertz CT molecular complexity index is 1250. The maximum Gasteiger partial charge on any atom is 0.587 e. The topological polar surface area (TPSA) is 137 Å². The van der Waals surface area contributed by atoms with Gasteiger partial charge in [-0.05, 0) is 43.5 Å². The van der Waals surface area contributed by atoms with Crippen LogP contribution in [0.4, 0.5) is 0 Å². The van der Waals surface area contributed by atoms with Crippen LogP contribution in [0.15, 0.2) is 60.7 Å². The molecule has 0 aliphatic rings. The van der Waals surface area contributed by atoms with Crippen LogP contribution in [0.2, 0.25) is 0 Å². The van der Waals surface area contributed by atoms with Crippen LogP contribution in [0.1, 0.15) is 155 Å². The number of para-hydroxylation sites is 2. The Morgan fingerprint density at radius 3 is 1.57 bits per heavy atom. The van der Waals surface area contributed by atoms with E-state index >= 15 is 0 Å². The molecule has 0 fully saturated rings. The average molecular weight is 760 g/mol. The number of hydrogen-bond donors (Lipinski definition) is 2. The summed E-state index contributed by atoms with van der Waals surface area (Å²) in [5.41, 5.74) is 0. The highest BCUT2D eigenvalue weighted by atomic mass is 31.2. The summed E-state index contributed by atoms with van der Waals surface area (Å²) in [6.07, 6.45) is 20.4. The Labute approximate surface area is 318 Å². The fourth-order valence-corrected chi connectivity index (χ4v) is 7.23. The number of ether oxygens (including phenoxy) is 1. The summed E-state index contributed by atoms with van der Waals surface area (Å²) in [6.45, 7) is 4.08. The van der Waals surface area contributed by atoms with Crippen molar-refractivity contribution in [1.82, 2.24) is 5.32 Å². The molecular formula is C42H66NO9P. The zero-order valence-corrected chi connectivity index (χ0v) is 33.2. The third-order valence-electron chi connectivity index (χ3n) is 9.04. The fraction of sp³-hybridized carbons (Fsp3) is 0.643. The van der Waals surface area contributed by atoms with Crippen molar-refractivity contribution in [3.05, 3.63) is 60.7 Å². The van der Waals surface area contributed by atoms with Crippen molar-refractivity contribution in [2.75, 3.05) is 6.61 Å². The average Bonchev–Trinajstić information content (AvgIpc) is 3.13. The summed E-state index contributed by atoms with van der Waals surface area (Å²) in [5, 5.41) is 12.5. The fourth-order valence-electron chi connectivity index (χ4n) is 6.00. The number of phosphoric acid groups is 1. The minimum Gasteiger partial charge on any atom is -0.480 e. The molecule has 0 saturated carbocycles. The molecule has 298 valence electrons. The number of nitrogens with one attached hydrogen (secondary N) is 1. The molecule has 0 bridgehead atoms. The number of unbranched alkanes of at least 4 members (excludes halogenated alkanes) is 16. The van der Waals surface area contributed by atoms with Crippen molar-refractivity contribution in [2.24, 2.45) is 0 Å². The van der Waals surface area contributed by atoms with Gasteiger partial charge in [0.2, 0.25) is 5.91 Å². The molecule has 2 N–H and O–H groups in total. The van der Waals surface area contributed by atoms with Crippen molar-refractivity contribution >= 4 is 25.7 Å². The molecule has 2 aromatic carbocycles. The Kier molecular flexibility index (Phi) is 25.1. The highest BCUT2D eigenvalue weighted by Gasteiger charge is 2.32. The minimum absolute atomic E-state index is 0.141. The number of amides is 1. The van der Waals surface area contributed by atoms with Crippen molar-refractivity contribution in [1.29, 1.82) is 0 Å². The molecule has 53 heavy (non-hydrogen) atoms. The lowest BCUT2D eigenvalue weighted by Gasteiger charge is -2.21. The summed E-state index contributed by atoms with van der Waals surface area (Å²) in [4.78, 5) is 38.1. The molecule has 2 atom stereocenters. The second-order valence-corrected chi connectivity index (χ2v) is 15.4. The molecule has 0 aliphatic carbocycles. The van der Waals surface area contributed by atoms with Crippen LogP contribution < -0.4 is 14.4 Å². The van der Waals surface area contributed by atoms with E-state index in [4.69, 9.17) is 18.3 Å². The summed E-state index contributed by atoms with van der Waals surface area (Å²) >= 11 is 0. The van der Waals surface area contributed by atoms with E-state index in [0.29, 0.717) is 12.8 Å². The number of benzene rings is 2. The number of carboxylic acids is 1. The zero-order valence-electron chi connectivity index (χ0n) is 32.4. The SMILES string of the molecule is CCCCCCCCCCCC(=O)O[C@H](CCCCCCCCCCC)CC(=O)N[C@@H](CCOP(=O)(Oc1ccccc1)Oc1ccccc1)C(=O)O. The van der Waals surface area contributed by atoms with Crippen LogP contribution >= 0.6 is 7.82 Å². The number of carbonyl (C=O) groups is 3. The lowest BCUT2D eigenvalue weighted by Crippen LogP contribution is -2.43. The van der Waals surface area contributed by atoms with E-state index in [0.717, 1.165) is 44.9 Å². The smallest absolute Gasteiger partial charge is 0.480 e. The first-order chi connectivity index (χ1) is 25.7. The molecule has 0 radical (unpaired) electrons. The van der Waals surface area contributed by atoms with Gasteiger partial charge in [0.25, 0.3) is 0 Å². The van der Waals surface area contributed by atoms with Crippen molar-refractivity contribution in [3.8, 4) is 11.5 Å². The molecular weight excluding hydrogens is 693 g/mol. The monoisotopic (exact) mass is 759 g/mol. The maximum atomic E-state index is 13.6. The van der Waals surface area contributed by atoms with Crippen LogP contribution in [0.3, 0.4) is 0 Å². The summed E-state index contributed by atoms with van der Waals surface area (Å²) < 4.78 is 36.2. The highest BCUT2D eigenvalue weighted by molar-refractivity contribution is 7.49. The van der Waals surface area contributed by atoms with Crippen LogP contribution in [0.5, 0.6) is 11.5 Å². The first-order valence-electron chi connectivity index (χ1n) is 20.2. The number of carboxylic acid groups (broad SMARTS) is 1. The normalized spacial score (nSPS) is 12.5. The number of aliphatic carboxylic acids is 1. The van der Waals surface area contributed by atoms with Crippen molar-refractivity contribution in [3.63, 3.8) is 0 Å². The second kappa shape index (κ2) is 29.1. The van der Waals surface area contributed by atoms with Crippen LogP contribution in [-0.2, 0) is 28.2 Å². The molecule has 0 heterocycles. The van der Waals surface area contributed by atoms with E-state index in [1.807, 2.05) is 0 Å². The number of hydrogen-bond acceptors (Lipinski definition) is 8. The van der Waals surface area contributed by atoms with Gasteiger partial charge in [0.05, 0.1) is 13.0 Å². The maximum absolute atomic E-state index is 13.6. The summed E-state index contributed by atoms with van der Waals surface area (Å²) in [7, 11) is -4.24. The first-order valence-corrected chi connectivity index (χ1v) is 21.7. The van der Waals surface area contributed by atoms with Crippen molar-refractivity contribution in [2.45, 2.75) is 167 Å². The van der Waals surface area contributed by atoms with Gasteiger partial charge < -0.3 is 24.2 Å². The Balaban J connectivity index is 1.91. The van der Waals surface area contributed by atoms with Gasteiger partial charge in [-0.15, -0.1) is 0 Å². The van der Waals surface area contributed by atoms with E-state index in [1.54, 1.807) is 60.7 Å². The lowest BCUT2D eigenvalue weighted by molar-refractivity contribution is -0.151. The Morgan fingerprint density at radius 1 is 0.642 bits per heavy atom. The van der Waals surface area contributed by atoms with Gasteiger partial charge in [0.1, 0.15) is 23.6 Å². The van der Waals surface area contributed by atoms with Gasteiger partial charge in [-0.3, -0.25) is 14.1 Å². The third kappa shape index (κ3) is 23.1. The Hall–Kier alpha value is -3.36. The largest absolute Gasteiger partial charge is 0.587 e. The molecule has 0 saturated heterocycles. The number of rotatable bonds is 33. The van der Waals surface area contributed by atoms with Gasteiger partial charge in [0.15, 0.2) is 0 Å². The zero-order chi connectivity index (χ0) is 38.4. The van der Waals surface area contributed by atoms with E-state index in [1.165, 1.54) is 70.6 Å². The summed E-state index contributed by atoms with van der Waals surface area (Å²) in [6, 6.07) is 15.4. The molecule has 2 aromatic rings. The van der Waals surface area contributed by atoms with Gasteiger partial charge in [-0.2, -0.15) is 0 Å². The predicted molar refractivity (Wildman–Crippen MR) is 210 cm³/mol. The molecule has 2 rings (SSSR count). The van der Waals surface area contributed by atoms with Crippen LogP contribution in [-0.4, -0.2) is 41.7 Å².